The molecule has 0 amide bonds. The van der Waals surface area contributed by atoms with E-state index >= 15 is 0 Å². The van der Waals surface area contributed by atoms with E-state index in [1.54, 1.807) is 6.92 Å². The van der Waals surface area contributed by atoms with Gasteiger partial charge in [-0.3, -0.25) is 0 Å². The Kier molecular flexibility index (Phi) is 6.12. The minimum atomic E-state index is -0.671. The summed E-state index contributed by atoms with van der Waals surface area (Å²) in [6.07, 6.45) is 10.9. The summed E-state index contributed by atoms with van der Waals surface area (Å²) in [5, 5.41) is 0. The summed E-state index contributed by atoms with van der Waals surface area (Å²) in [7, 11) is 0. The minimum Gasteiger partial charge on any atom is -0.491 e. The normalized spacial score (nSPS) is 18.8. The lowest BCUT2D eigenvalue weighted by Crippen LogP contribution is -2.22. The van der Waals surface area contributed by atoms with E-state index in [4.69, 9.17) is 15.0 Å². The van der Waals surface area contributed by atoms with E-state index in [2.05, 4.69) is 30.8 Å². The molecule has 0 saturated heterocycles. The van der Waals surface area contributed by atoms with Crippen molar-refractivity contribution in [2.24, 2.45) is 5.41 Å². The Bertz CT molecular complexity index is 512. The van der Waals surface area contributed by atoms with Crippen molar-refractivity contribution in [2.75, 3.05) is 0 Å². The number of esters is 1. The minimum absolute atomic E-state index is 0.0112. The zero-order chi connectivity index (χ0) is 15.9. The summed E-state index contributed by atoms with van der Waals surface area (Å²) < 4.78 is 10.9. The smallest absolute Gasteiger partial charge is 0.413 e. The van der Waals surface area contributed by atoms with Crippen LogP contribution < -0.4 is 0 Å². The van der Waals surface area contributed by atoms with Crippen molar-refractivity contribution in [3.8, 4) is 0 Å². The van der Waals surface area contributed by atoms with Crippen molar-refractivity contribution in [3.05, 3.63) is 41.7 Å². The van der Waals surface area contributed by atoms with Gasteiger partial charge in [0.25, 0.3) is 0 Å². The van der Waals surface area contributed by atoms with E-state index in [9.17, 15) is 4.79 Å². The molecule has 21 heavy (non-hydrogen) atoms. The fourth-order valence-electron chi connectivity index (χ4n) is 1.95. The molecule has 5 heteroatoms. The number of ether oxygens (including phenoxy) is 2. The van der Waals surface area contributed by atoms with Crippen LogP contribution in [0.5, 0.6) is 0 Å². The van der Waals surface area contributed by atoms with Crippen molar-refractivity contribution < 1.29 is 19.1 Å². The van der Waals surface area contributed by atoms with Crippen LogP contribution in [0.15, 0.2) is 36.1 Å². The summed E-state index contributed by atoms with van der Waals surface area (Å²) in [6, 6.07) is 0. The van der Waals surface area contributed by atoms with E-state index in [0.717, 1.165) is 12.0 Å². The van der Waals surface area contributed by atoms with Gasteiger partial charge in [-0.15, -0.1) is 0 Å². The lowest BCUT2D eigenvalue weighted by Gasteiger charge is -2.19. The monoisotopic (exact) mass is 290 g/mol. The molecule has 1 aliphatic carbocycles. The second-order valence-corrected chi connectivity index (χ2v) is 5.74. The highest BCUT2D eigenvalue weighted by atomic mass is 16.5. The van der Waals surface area contributed by atoms with Crippen LogP contribution in [-0.4, -0.2) is 29.2 Å². The van der Waals surface area contributed by atoms with Gasteiger partial charge in [-0.05, 0) is 26.0 Å². The molecule has 0 aromatic rings. The summed E-state index contributed by atoms with van der Waals surface area (Å²) in [6.45, 7) is 7.91. The zero-order valence-electron chi connectivity index (χ0n) is 12.9. The molecular formula is C16H22N2O3. The van der Waals surface area contributed by atoms with Crippen LogP contribution in [-0.2, 0) is 14.3 Å². The molecule has 0 aromatic carbocycles. The van der Waals surface area contributed by atoms with Gasteiger partial charge >= 0.3 is 12.2 Å². The molecule has 0 aliphatic heterocycles. The Labute approximate surface area is 125 Å². The summed E-state index contributed by atoms with van der Waals surface area (Å²) in [5.74, 6) is 0.107. The van der Waals surface area contributed by atoms with Crippen LogP contribution in [0.3, 0.4) is 0 Å². The standard InChI is InChI=1S/C16H22N2O3/c1-12(10-13(2)21-15(19)11-18-17)20-14-6-5-8-16(3,4)9-7-14/h5-9,11-13H,10H2,1-4H3/t12-,13-/m1/s1. The molecule has 0 unspecified atom stereocenters. The van der Waals surface area contributed by atoms with Crippen LogP contribution in [0.1, 0.15) is 34.1 Å². The van der Waals surface area contributed by atoms with Crippen molar-refractivity contribution in [1.29, 1.82) is 0 Å². The molecule has 1 rings (SSSR count). The molecule has 0 fully saturated rings. The van der Waals surface area contributed by atoms with Crippen LogP contribution in [0, 0.1) is 5.41 Å². The Balaban J connectivity index is 2.49. The second kappa shape index (κ2) is 7.60. The third-order valence-corrected chi connectivity index (χ3v) is 2.95. The third kappa shape index (κ3) is 6.72. The Morgan fingerprint density at radius 1 is 1.38 bits per heavy atom. The summed E-state index contributed by atoms with van der Waals surface area (Å²) >= 11 is 0. The molecule has 0 aromatic heterocycles. The van der Waals surface area contributed by atoms with Gasteiger partial charge in [0.15, 0.2) is 0 Å². The predicted molar refractivity (Wildman–Crippen MR) is 80.5 cm³/mol. The van der Waals surface area contributed by atoms with Gasteiger partial charge in [0.1, 0.15) is 11.9 Å². The molecule has 0 radical (unpaired) electrons. The average Bonchev–Trinajstić information content (AvgIpc) is 2.50. The highest BCUT2D eigenvalue weighted by Crippen LogP contribution is 2.23. The lowest BCUT2D eigenvalue weighted by atomic mass is 9.93. The van der Waals surface area contributed by atoms with Crippen LogP contribution in [0.2, 0.25) is 0 Å². The lowest BCUT2D eigenvalue weighted by molar-refractivity contribution is -0.144. The van der Waals surface area contributed by atoms with E-state index in [-0.39, 0.29) is 17.6 Å². The Morgan fingerprint density at radius 2 is 2.10 bits per heavy atom. The molecule has 2 atom stereocenters. The number of hydrogen-bond acceptors (Lipinski definition) is 3. The average molecular weight is 290 g/mol. The van der Waals surface area contributed by atoms with Gasteiger partial charge in [0.2, 0.25) is 0 Å². The first-order chi connectivity index (χ1) is 9.82. The summed E-state index contributed by atoms with van der Waals surface area (Å²) in [5.41, 5.74) is 8.25. The van der Waals surface area contributed by atoms with Crippen LogP contribution in [0.25, 0.3) is 5.53 Å². The maximum atomic E-state index is 11.1. The number of allylic oxidation sites excluding steroid dienone is 5. The van der Waals surface area contributed by atoms with Gasteiger partial charge in [0, 0.05) is 11.8 Å². The first-order valence-corrected chi connectivity index (χ1v) is 6.96. The van der Waals surface area contributed by atoms with Gasteiger partial charge in [-0.25, -0.2) is 4.79 Å². The fraction of sp³-hybridized carbons (Fsp3) is 0.500. The molecule has 1 aliphatic rings. The maximum absolute atomic E-state index is 11.1. The molecule has 0 N–H and O–H groups in total. The van der Waals surface area contributed by atoms with Crippen molar-refractivity contribution in [1.82, 2.24) is 0 Å². The molecule has 0 bridgehead atoms. The predicted octanol–water partition coefficient (Wildman–Crippen LogP) is 3.05. The molecule has 0 spiro atoms. The third-order valence-electron chi connectivity index (χ3n) is 2.95. The van der Waals surface area contributed by atoms with Gasteiger partial charge < -0.3 is 15.0 Å². The first kappa shape index (κ1) is 16.9. The van der Waals surface area contributed by atoms with E-state index in [1.165, 1.54) is 0 Å². The molecule has 0 heterocycles. The number of rotatable bonds is 6. The van der Waals surface area contributed by atoms with Crippen molar-refractivity contribution in [2.45, 2.75) is 46.3 Å². The Morgan fingerprint density at radius 3 is 2.76 bits per heavy atom. The van der Waals surface area contributed by atoms with E-state index in [1.807, 2.05) is 25.2 Å². The van der Waals surface area contributed by atoms with E-state index in [0.29, 0.717) is 6.42 Å². The van der Waals surface area contributed by atoms with Crippen molar-refractivity contribution >= 4 is 12.2 Å². The highest BCUT2D eigenvalue weighted by molar-refractivity contribution is 6.20. The first-order valence-electron chi connectivity index (χ1n) is 6.96. The number of carbonyl (C=O) groups excluding carboxylic acids is 1. The largest absolute Gasteiger partial charge is 0.491 e. The molecule has 114 valence electrons. The SMILES string of the molecule is C[C@H](C[C@@H](C)OC1=CC=CC(C)(C)C=C1)OC(=O)C=[N+]=[N-]. The van der Waals surface area contributed by atoms with Crippen LogP contribution in [0.4, 0.5) is 0 Å². The fourth-order valence-corrected chi connectivity index (χ4v) is 1.95. The Hall–Kier alpha value is -2.13. The molecule has 5 nitrogen and oxygen atoms in total. The second-order valence-electron chi connectivity index (χ2n) is 5.74. The molecule has 0 saturated carbocycles. The summed E-state index contributed by atoms with van der Waals surface area (Å²) in [4.78, 5) is 13.8. The molecular weight excluding hydrogens is 268 g/mol. The highest BCUT2D eigenvalue weighted by Gasteiger charge is 2.16. The number of nitrogens with zero attached hydrogens (tertiary/aromatic N) is 2. The van der Waals surface area contributed by atoms with Crippen molar-refractivity contribution in [3.63, 3.8) is 0 Å². The maximum Gasteiger partial charge on any atom is 0.413 e. The number of hydrogen-bond donors (Lipinski definition) is 0. The van der Waals surface area contributed by atoms with Gasteiger partial charge in [-0.1, -0.05) is 32.1 Å². The zero-order valence-corrected chi connectivity index (χ0v) is 12.9. The number of carbonyl (C=O) groups is 1. The van der Waals surface area contributed by atoms with Gasteiger partial charge in [-0.2, -0.15) is 4.79 Å². The van der Waals surface area contributed by atoms with E-state index < -0.39 is 5.97 Å². The van der Waals surface area contributed by atoms with Gasteiger partial charge in [0.05, 0.1) is 6.10 Å². The van der Waals surface area contributed by atoms with Crippen LogP contribution >= 0.6 is 0 Å². The quantitative estimate of drug-likeness (QED) is 0.326. The topological polar surface area (TPSA) is 71.9 Å².